The number of likely N-dealkylation sites (tertiary alicyclic amines) is 1. The summed E-state index contributed by atoms with van der Waals surface area (Å²) in [7, 11) is 0. The molecular weight excluding hydrogens is 318 g/mol. The SMILES string of the molecule is CCCN1CC(=Nc2c(C#N)cccc2Cc2cccs2)CC1=O. The molecule has 4 nitrogen and oxygen atoms in total. The van der Waals surface area contributed by atoms with E-state index in [4.69, 9.17) is 4.99 Å². The molecule has 0 bridgehead atoms. The first-order valence-corrected chi connectivity index (χ1v) is 8.97. The van der Waals surface area contributed by atoms with Crippen molar-refractivity contribution in [2.75, 3.05) is 13.1 Å². The number of nitriles is 1. The van der Waals surface area contributed by atoms with Crippen LogP contribution in [0.3, 0.4) is 0 Å². The van der Waals surface area contributed by atoms with E-state index in [1.54, 1.807) is 17.4 Å². The van der Waals surface area contributed by atoms with E-state index in [9.17, 15) is 10.1 Å². The van der Waals surface area contributed by atoms with Crippen LogP contribution in [0.15, 0.2) is 40.7 Å². The van der Waals surface area contributed by atoms with Crippen LogP contribution in [0.2, 0.25) is 0 Å². The summed E-state index contributed by atoms with van der Waals surface area (Å²) < 4.78 is 0. The maximum absolute atomic E-state index is 12.0. The Morgan fingerprint density at radius 2 is 2.21 bits per heavy atom. The number of amides is 1. The molecule has 0 spiro atoms. The first-order valence-electron chi connectivity index (χ1n) is 8.10. The monoisotopic (exact) mass is 337 g/mol. The van der Waals surface area contributed by atoms with Crippen molar-refractivity contribution in [3.8, 4) is 6.07 Å². The third kappa shape index (κ3) is 3.55. The minimum absolute atomic E-state index is 0.129. The summed E-state index contributed by atoms with van der Waals surface area (Å²) >= 11 is 1.70. The Balaban J connectivity index is 1.93. The number of nitrogens with zero attached hydrogens (tertiary/aromatic N) is 3. The lowest BCUT2D eigenvalue weighted by atomic mass is 10.0. The van der Waals surface area contributed by atoms with Crippen LogP contribution in [0.5, 0.6) is 0 Å². The molecule has 0 unspecified atom stereocenters. The number of aliphatic imine (C=N–C) groups is 1. The van der Waals surface area contributed by atoms with Crippen LogP contribution >= 0.6 is 11.3 Å². The van der Waals surface area contributed by atoms with Crippen molar-refractivity contribution < 1.29 is 4.79 Å². The van der Waals surface area contributed by atoms with Crippen LogP contribution in [-0.2, 0) is 11.2 Å². The Morgan fingerprint density at radius 1 is 1.33 bits per heavy atom. The minimum atomic E-state index is 0.129. The lowest BCUT2D eigenvalue weighted by Gasteiger charge is -2.12. The van der Waals surface area contributed by atoms with Gasteiger partial charge < -0.3 is 4.90 Å². The standard InChI is InChI=1S/C19H19N3OS/c1-2-8-22-13-16(11-18(22)23)21-19-14(5-3-6-15(19)12-20)10-17-7-4-9-24-17/h3-7,9H,2,8,10-11,13H2,1H3. The van der Waals surface area contributed by atoms with E-state index in [1.807, 2.05) is 28.5 Å². The summed E-state index contributed by atoms with van der Waals surface area (Å²) in [6, 6.07) is 12.0. The van der Waals surface area contributed by atoms with Gasteiger partial charge in [0.2, 0.25) is 5.91 Å². The lowest BCUT2D eigenvalue weighted by Crippen LogP contribution is -2.25. The molecule has 5 heteroatoms. The lowest BCUT2D eigenvalue weighted by molar-refractivity contribution is -0.127. The van der Waals surface area contributed by atoms with Gasteiger partial charge in [0.1, 0.15) is 6.07 Å². The fourth-order valence-electron chi connectivity index (χ4n) is 2.91. The van der Waals surface area contributed by atoms with Crippen LogP contribution in [0.1, 0.15) is 35.8 Å². The molecule has 24 heavy (non-hydrogen) atoms. The van der Waals surface area contributed by atoms with Gasteiger partial charge in [-0.1, -0.05) is 25.1 Å². The number of para-hydroxylation sites is 1. The highest BCUT2D eigenvalue weighted by Crippen LogP contribution is 2.29. The minimum Gasteiger partial charge on any atom is -0.337 e. The maximum Gasteiger partial charge on any atom is 0.228 e. The van der Waals surface area contributed by atoms with Gasteiger partial charge >= 0.3 is 0 Å². The Hall–Kier alpha value is -2.45. The average Bonchev–Trinajstić information content (AvgIpc) is 3.20. The largest absolute Gasteiger partial charge is 0.337 e. The van der Waals surface area contributed by atoms with Crippen molar-refractivity contribution in [1.82, 2.24) is 4.90 Å². The molecule has 0 radical (unpaired) electrons. The molecule has 2 heterocycles. The first-order chi connectivity index (χ1) is 11.7. The first kappa shape index (κ1) is 16.4. The summed E-state index contributed by atoms with van der Waals surface area (Å²) in [6.07, 6.45) is 2.06. The number of carbonyl (C=O) groups is 1. The van der Waals surface area contributed by atoms with Crippen molar-refractivity contribution >= 4 is 28.6 Å². The molecule has 1 aromatic carbocycles. The van der Waals surface area contributed by atoms with Crippen LogP contribution in [-0.4, -0.2) is 29.6 Å². The van der Waals surface area contributed by atoms with E-state index in [1.165, 1.54) is 4.88 Å². The number of hydrogen-bond donors (Lipinski definition) is 0. The normalized spacial score (nSPS) is 15.9. The molecule has 1 saturated heterocycles. The quantitative estimate of drug-likeness (QED) is 0.830. The molecule has 1 aliphatic rings. The molecule has 0 atom stereocenters. The average molecular weight is 337 g/mol. The van der Waals surface area contributed by atoms with E-state index in [0.29, 0.717) is 18.5 Å². The molecule has 1 amide bonds. The molecule has 122 valence electrons. The van der Waals surface area contributed by atoms with Gasteiger partial charge in [0.05, 0.1) is 24.2 Å². The van der Waals surface area contributed by atoms with E-state index < -0.39 is 0 Å². The summed E-state index contributed by atoms with van der Waals surface area (Å²) in [4.78, 5) is 19.8. The van der Waals surface area contributed by atoms with Crippen molar-refractivity contribution in [1.29, 1.82) is 5.26 Å². The molecular formula is C19H19N3OS. The zero-order valence-corrected chi connectivity index (χ0v) is 14.5. The zero-order chi connectivity index (χ0) is 16.9. The number of benzene rings is 1. The van der Waals surface area contributed by atoms with Gasteiger partial charge in [0, 0.05) is 23.6 Å². The summed E-state index contributed by atoms with van der Waals surface area (Å²) in [6.45, 7) is 3.40. The maximum atomic E-state index is 12.0. The highest BCUT2D eigenvalue weighted by molar-refractivity contribution is 7.09. The molecule has 3 rings (SSSR count). The van der Waals surface area contributed by atoms with Crippen molar-refractivity contribution in [2.24, 2.45) is 4.99 Å². The van der Waals surface area contributed by atoms with Gasteiger partial charge in [0.15, 0.2) is 0 Å². The van der Waals surface area contributed by atoms with Crippen LogP contribution in [0, 0.1) is 11.3 Å². The van der Waals surface area contributed by atoms with Crippen LogP contribution in [0.4, 0.5) is 5.69 Å². The predicted molar refractivity (Wildman–Crippen MR) is 96.9 cm³/mol. The number of rotatable bonds is 5. The molecule has 0 aliphatic carbocycles. The van der Waals surface area contributed by atoms with Gasteiger partial charge in [-0.25, -0.2) is 0 Å². The highest BCUT2D eigenvalue weighted by Gasteiger charge is 2.25. The highest BCUT2D eigenvalue weighted by atomic mass is 32.1. The second kappa shape index (κ2) is 7.41. The Labute approximate surface area is 146 Å². The van der Waals surface area contributed by atoms with Gasteiger partial charge in [-0.05, 0) is 29.5 Å². The predicted octanol–water partition coefficient (Wildman–Crippen LogP) is 3.93. The van der Waals surface area contributed by atoms with E-state index in [-0.39, 0.29) is 5.91 Å². The third-order valence-corrected chi connectivity index (χ3v) is 4.91. The Morgan fingerprint density at radius 3 is 2.92 bits per heavy atom. The molecule has 1 fully saturated rings. The van der Waals surface area contributed by atoms with E-state index >= 15 is 0 Å². The van der Waals surface area contributed by atoms with Crippen molar-refractivity contribution in [3.63, 3.8) is 0 Å². The van der Waals surface area contributed by atoms with Gasteiger partial charge in [0.25, 0.3) is 0 Å². The fourth-order valence-corrected chi connectivity index (χ4v) is 3.64. The number of carbonyl (C=O) groups excluding carboxylic acids is 1. The molecule has 1 aromatic heterocycles. The van der Waals surface area contributed by atoms with Gasteiger partial charge in [-0.3, -0.25) is 9.79 Å². The van der Waals surface area contributed by atoms with Crippen LogP contribution < -0.4 is 0 Å². The second-order valence-corrected chi connectivity index (χ2v) is 6.88. The van der Waals surface area contributed by atoms with E-state index in [0.717, 1.165) is 36.3 Å². The topological polar surface area (TPSA) is 56.5 Å². The fraction of sp³-hybridized carbons (Fsp3) is 0.316. The molecule has 2 aromatic rings. The Bertz CT molecular complexity index is 803. The molecule has 0 saturated carbocycles. The number of thiophene rings is 1. The molecule has 1 aliphatic heterocycles. The van der Waals surface area contributed by atoms with Crippen LogP contribution in [0.25, 0.3) is 0 Å². The molecule has 0 N–H and O–H groups in total. The Kier molecular flexibility index (Phi) is 5.07. The summed E-state index contributed by atoms with van der Waals surface area (Å²) in [5.74, 6) is 0.129. The summed E-state index contributed by atoms with van der Waals surface area (Å²) in [5, 5.41) is 11.5. The summed E-state index contributed by atoms with van der Waals surface area (Å²) in [5.41, 5.74) is 3.17. The number of hydrogen-bond acceptors (Lipinski definition) is 4. The second-order valence-electron chi connectivity index (χ2n) is 5.85. The van der Waals surface area contributed by atoms with Gasteiger partial charge in [-0.15, -0.1) is 11.3 Å². The zero-order valence-electron chi connectivity index (χ0n) is 13.7. The third-order valence-electron chi connectivity index (χ3n) is 4.03. The van der Waals surface area contributed by atoms with E-state index in [2.05, 4.69) is 19.1 Å². The smallest absolute Gasteiger partial charge is 0.228 e. The van der Waals surface area contributed by atoms with Crippen molar-refractivity contribution in [2.45, 2.75) is 26.2 Å². The van der Waals surface area contributed by atoms with Crippen molar-refractivity contribution in [3.05, 3.63) is 51.7 Å². The van der Waals surface area contributed by atoms with Gasteiger partial charge in [-0.2, -0.15) is 5.26 Å².